The summed E-state index contributed by atoms with van der Waals surface area (Å²) in [4.78, 5) is 0.381. The molecular formula is C39H52ClN2O2RuS+. The number of halogens is 1. The molecule has 3 aromatic rings. The second-order valence-corrected chi connectivity index (χ2v) is 14.2. The molecule has 1 aliphatic carbocycles. The second kappa shape index (κ2) is 19.7. The molecule has 0 heterocycles. The molecule has 46 heavy (non-hydrogen) atoms. The first-order valence-corrected chi connectivity index (χ1v) is 19.7. The van der Waals surface area contributed by atoms with Crippen LogP contribution in [-0.2, 0) is 27.3 Å². The molecule has 0 amide bonds. The number of sulfonamides is 1. The minimum absolute atomic E-state index is 0. The van der Waals surface area contributed by atoms with Crippen LogP contribution < -0.4 is 5.32 Å². The van der Waals surface area contributed by atoms with E-state index in [0.717, 1.165) is 54.5 Å². The SMILES string of the molecule is CC(C)c1cc(C(C)C)c(S(=O)(=O)[N-]C(c2ccccc2)C(NCCCC2=CC=CCC2)c2ccccc2)c(C(C)C)c1.[CH3-].[Cl][Ru+3]. The van der Waals surface area contributed by atoms with Crippen LogP contribution in [0.15, 0.2) is 101 Å². The van der Waals surface area contributed by atoms with Crippen molar-refractivity contribution in [1.82, 2.24) is 5.32 Å². The second-order valence-electron chi connectivity index (χ2n) is 12.7. The van der Waals surface area contributed by atoms with Gasteiger partial charge in [0.1, 0.15) is 10.0 Å². The molecule has 0 aliphatic heterocycles. The van der Waals surface area contributed by atoms with Crippen molar-refractivity contribution in [3.05, 3.63) is 137 Å². The topological polar surface area (TPSA) is 60.3 Å². The predicted octanol–water partition coefficient (Wildman–Crippen LogP) is 11.4. The van der Waals surface area contributed by atoms with E-state index in [1.165, 1.54) is 11.1 Å². The number of hydrogen-bond donors (Lipinski definition) is 1. The normalized spacial score (nSPS) is 14.3. The van der Waals surface area contributed by atoms with Crippen LogP contribution in [0, 0.1) is 7.43 Å². The van der Waals surface area contributed by atoms with Gasteiger partial charge >= 0.3 is 27.0 Å². The Labute approximate surface area is 294 Å². The van der Waals surface area contributed by atoms with Crippen molar-refractivity contribution < 1.29 is 25.7 Å². The summed E-state index contributed by atoms with van der Waals surface area (Å²) in [6.07, 6.45) is 10.8. The molecule has 4 nitrogen and oxygen atoms in total. The first kappa shape index (κ1) is 40.1. The minimum atomic E-state index is -4.03. The quantitative estimate of drug-likeness (QED) is 0.101. The van der Waals surface area contributed by atoms with Gasteiger partial charge in [-0.15, -0.1) is 0 Å². The Morgan fingerprint density at radius 3 is 1.83 bits per heavy atom. The van der Waals surface area contributed by atoms with Gasteiger partial charge in [-0.3, -0.25) is 0 Å². The van der Waals surface area contributed by atoms with Gasteiger partial charge in [-0.25, -0.2) is 8.42 Å². The van der Waals surface area contributed by atoms with Crippen molar-refractivity contribution in [2.45, 2.75) is 102 Å². The van der Waals surface area contributed by atoms with E-state index in [0.29, 0.717) is 10.8 Å². The van der Waals surface area contributed by atoms with Crippen molar-refractivity contribution >= 4 is 19.7 Å². The zero-order valence-corrected chi connectivity index (χ0v) is 31.8. The van der Waals surface area contributed by atoms with E-state index in [2.05, 4.69) is 99.0 Å². The molecule has 2 atom stereocenters. The Kier molecular flexibility index (Phi) is 17.2. The molecule has 0 aromatic heterocycles. The van der Waals surface area contributed by atoms with Crippen LogP contribution >= 0.6 is 9.69 Å². The summed E-state index contributed by atoms with van der Waals surface area (Å²) in [7, 11) is 0.535. The fourth-order valence-electron chi connectivity index (χ4n) is 5.86. The molecule has 1 N–H and O–H groups in total. The summed E-state index contributed by atoms with van der Waals surface area (Å²) in [5.41, 5.74) is 6.24. The Hall–Kier alpha value is -2.08. The third kappa shape index (κ3) is 11.0. The van der Waals surface area contributed by atoms with Gasteiger partial charge in [0.25, 0.3) is 0 Å². The summed E-state index contributed by atoms with van der Waals surface area (Å²) in [6.45, 7) is 13.4. The molecule has 2 unspecified atom stereocenters. The molecule has 0 radical (unpaired) electrons. The van der Waals surface area contributed by atoms with Crippen LogP contribution in [0.2, 0.25) is 0 Å². The van der Waals surface area contributed by atoms with Gasteiger partial charge in [-0.2, -0.15) is 0 Å². The molecule has 0 saturated carbocycles. The van der Waals surface area contributed by atoms with Crippen LogP contribution in [0.25, 0.3) is 4.72 Å². The predicted molar refractivity (Wildman–Crippen MR) is 194 cm³/mol. The summed E-state index contributed by atoms with van der Waals surface area (Å²) >= 11 is 1.82. The molecule has 7 heteroatoms. The Morgan fingerprint density at radius 2 is 1.35 bits per heavy atom. The summed E-state index contributed by atoms with van der Waals surface area (Å²) < 4.78 is 34.1. The average molecular weight is 749 g/mol. The van der Waals surface area contributed by atoms with Crippen molar-refractivity contribution in [3.63, 3.8) is 0 Å². The van der Waals surface area contributed by atoms with Gasteiger partial charge in [0.05, 0.1) is 4.90 Å². The molecule has 250 valence electrons. The summed E-state index contributed by atoms with van der Waals surface area (Å²) in [6, 6.07) is 23.3. The van der Waals surface area contributed by atoms with E-state index in [9.17, 15) is 8.42 Å². The number of nitrogens with one attached hydrogen (secondary N) is 1. The fraction of sp³-hybridized carbons (Fsp3) is 0.410. The Bertz CT molecular complexity index is 1470. The summed E-state index contributed by atoms with van der Waals surface area (Å²) in [5, 5.41) is 3.74. The van der Waals surface area contributed by atoms with E-state index in [1.54, 1.807) is 0 Å². The maximum atomic E-state index is 14.6. The van der Waals surface area contributed by atoms with E-state index in [-0.39, 0.29) is 25.3 Å². The molecular weight excluding hydrogens is 697 g/mol. The molecule has 0 spiro atoms. The van der Waals surface area contributed by atoms with Gasteiger partial charge in [0.2, 0.25) is 0 Å². The number of allylic oxidation sites excluding steroid dienone is 4. The first-order chi connectivity index (χ1) is 21.6. The number of benzene rings is 3. The standard InChI is InChI=1S/C38H49N2O2S.CH3.ClH.Ru/c1-27(2)33-25-34(28(3)4)38(35(26-33)29(5)6)43(41,42)40-37(32-22-14-9-15-23-32)36(31-20-12-8-13-21-31)39-24-16-19-30-17-10-7-11-18-30;;;/h7-10,12-15,17,20-23,25-29,36-37,39H,11,16,18-19,24H2,1-6H3;1H3;1H;/q2*-1;;+4/p-1. The molecule has 0 bridgehead atoms. The Morgan fingerprint density at radius 1 is 0.804 bits per heavy atom. The van der Waals surface area contributed by atoms with Gasteiger partial charge in [-0.05, 0) is 72.2 Å². The maximum absolute atomic E-state index is 14.6. The van der Waals surface area contributed by atoms with Crippen molar-refractivity contribution in [1.29, 1.82) is 0 Å². The van der Waals surface area contributed by atoms with E-state index in [1.807, 2.05) is 65.8 Å². The van der Waals surface area contributed by atoms with Crippen LogP contribution in [0.3, 0.4) is 0 Å². The molecule has 0 saturated heterocycles. The number of hydrogen-bond acceptors (Lipinski definition) is 3. The van der Waals surface area contributed by atoms with Crippen LogP contribution in [0.4, 0.5) is 0 Å². The summed E-state index contributed by atoms with van der Waals surface area (Å²) in [5.74, 6) is 0.379. The number of nitrogens with zero attached hydrogens (tertiary/aromatic N) is 1. The monoisotopic (exact) mass is 749 g/mol. The Balaban J connectivity index is 0.00000241. The molecule has 0 fully saturated rings. The van der Waals surface area contributed by atoms with Crippen LogP contribution in [0.5, 0.6) is 0 Å². The van der Waals surface area contributed by atoms with Gasteiger partial charge in [0, 0.05) is 6.04 Å². The zero-order chi connectivity index (χ0) is 33.0. The van der Waals surface area contributed by atoms with Gasteiger partial charge in [0.15, 0.2) is 0 Å². The van der Waals surface area contributed by atoms with Crippen molar-refractivity contribution in [2.24, 2.45) is 0 Å². The third-order valence-corrected chi connectivity index (χ3v) is 9.84. The van der Waals surface area contributed by atoms with Crippen molar-refractivity contribution in [2.75, 3.05) is 6.54 Å². The number of rotatable bonds is 14. The van der Waals surface area contributed by atoms with Crippen molar-refractivity contribution in [3.8, 4) is 0 Å². The van der Waals surface area contributed by atoms with Gasteiger partial charge in [-0.1, -0.05) is 150 Å². The van der Waals surface area contributed by atoms with Crippen LogP contribution in [-0.4, -0.2) is 15.0 Å². The third-order valence-electron chi connectivity index (χ3n) is 8.34. The molecule has 4 rings (SSSR count). The van der Waals surface area contributed by atoms with Gasteiger partial charge < -0.3 is 17.5 Å². The molecule has 1 aliphatic rings. The van der Waals surface area contributed by atoms with Crippen LogP contribution in [0.1, 0.15) is 125 Å². The van der Waals surface area contributed by atoms with E-state index < -0.39 is 16.1 Å². The average Bonchev–Trinajstić information content (AvgIpc) is 3.05. The van der Waals surface area contributed by atoms with E-state index in [4.69, 9.17) is 4.72 Å². The van der Waals surface area contributed by atoms with E-state index >= 15 is 0 Å². The zero-order valence-electron chi connectivity index (χ0n) is 28.5. The molecule has 3 aromatic carbocycles. The first-order valence-electron chi connectivity index (χ1n) is 16.0. The fourth-order valence-corrected chi connectivity index (χ4v) is 7.69.